The molecule has 3 fully saturated rings. The lowest BCUT2D eigenvalue weighted by Crippen LogP contribution is -2.54. The van der Waals surface area contributed by atoms with Gasteiger partial charge < -0.3 is 25.5 Å². The topological polar surface area (TPSA) is 117 Å². The number of carboxylic acid groups (broad SMARTS) is 1. The standard InChI is InChI=1S/C26H33N7O2/c1-17-22(30-26(34)35)3-2-12-33(17)24-16-28-23(15-27)25(31-24)29-20-6-4-18(5-7-20)19-10-13-32(14-11-19)21-8-9-21/h4-7,16-17,19,21-22,30H,2-3,8-14H2,1H3,(H,29,31)(H,34,35)/t17-,22-/m1/s1. The SMILES string of the molecule is C[C@@H]1[C@H](NC(=O)O)CCCN1c1cnc(C#N)c(Nc2ccc(C3CCN(C4CC4)CC3)cc2)n1. The van der Waals surface area contributed by atoms with Crippen molar-refractivity contribution in [2.75, 3.05) is 29.9 Å². The van der Waals surface area contributed by atoms with E-state index < -0.39 is 6.09 Å². The molecule has 1 saturated carbocycles. The molecule has 2 aromatic rings. The summed E-state index contributed by atoms with van der Waals surface area (Å²) in [5.74, 6) is 1.65. The van der Waals surface area contributed by atoms with Crippen LogP contribution in [0.3, 0.4) is 0 Å². The molecule has 0 radical (unpaired) electrons. The maximum atomic E-state index is 11.2. The monoisotopic (exact) mass is 475 g/mol. The first kappa shape index (κ1) is 23.4. The molecule has 2 saturated heterocycles. The van der Waals surface area contributed by atoms with Gasteiger partial charge in [0.1, 0.15) is 11.9 Å². The molecule has 1 amide bonds. The summed E-state index contributed by atoms with van der Waals surface area (Å²) in [6, 6.07) is 11.2. The molecule has 9 heteroatoms. The third-order valence-corrected chi connectivity index (χ3v) is 7.69. The molecule has 3 N–H and O–H groups in total. The minimum atomic E-state index is -1.02. The van der Waals surface area contributed by atoms with Crippen molar-refractivity contribution >= 4 is 23.4 Å². The molecule has 0 bridgehead atoms. The van der Waals surface area contributed by atoms with Crippen molar-refractivity contribution in [3.8, 4) is 6.07 Å². The molecule has 0 spiro atoms. The molecule has 2 aliphatic heterocycles. The van der Waals surface area contributed by atoms with E-state index in [1.807, 2.05) is 6.92 Å². The van der Waals surface area contributed by atoms with Crippen molar-refractivity contribution in [3.63, 3.8) is 0 Å². The van der Waals surface area contributed by atoms with Gasteiger partial charge in [-0.25, -0.2) is 14.8 Å². The van der Waals surface area contributed by atoms with Gasteiger partial charge in [0.2, 0.25) is 0 Å². The molecule has 9 nitrogen and oxygen atoms in total. The van der Waals surface area contributed by atoms with Gasteiger partial charge in [-0.05, 0) is 82.2 Å². The van der Waals surface area contributed by atoms with E-state index in [1.165, 1.54) is 44.3 Å². The van der Waals surface area contributed by atoms with Crippen LogP contribution in [0.4, 0.5) is 22.1 Å². The van der Waals surface area contributed by atoms with Crippen LogP contribution in [0.2, 0.25) is 0 Å². The van der Waals surface area contributed by atoms with Crippen LogP contribution in [-0.4, -0.2) is 63.8 Å². The molecule has 184 valence electrons. The number of nitriles is 1. The van der Waals surface area contributed by atoms with Crippen LogP contribution in [-0.2, 0) is 0 Å². The molecule has 1 aliphatic carbocycles. The Kier molecular flexibility index (Phi) is 6.73. The van der Waals surface area contributed by atoms with Gasteiger partial charge in [-0.1, -0.05) is 12.1 Å². The fourth-order valence-corrected chi connectivity index (χ4v) is 5.52. The molecular formula is C26H33N7O2. The van der Waals surface area contributed by atoms with Crippen molar-refractivity contribution < 1.29 is 9.90 Å². The second-order valence-electron chi connectivity index (χ2n) is 9.96. The second-order valence-corrected chi connectivity index (χ2v) is 9.96. The van der Waals surface area contributed by atoms with Crippen molar-refractivity contribution in [3.05, 3.63) is 41.7 Å². The number of carbonyl (C=O) groups is 1. The zero-order valence-electron chi connectivity index (χ0n) is 20.2. The van der Waals surface area contributed by atoms with E-state index in [2.05, 4.69) is 55.8 Å². The van der Waals surface area contributed by atoms with Crippen LogP contribution in [0.5, 0.6) is 0 Å². The maximum Gasteiger partial charge on any atom is 0.404 e. The van der Waals surface area contributed by atoms with E-state index in [-0.39, 0.29) is 17.8 Å². The van der Waals surface area contributed by atoms with Crippen molar-refractivity contribution in [1.82, 2.24) is 20.2 Å². The number of benzene rings is 1. The number of piperidine rings is 2. The highest BCUT2D eigenvalue weighted by Gasteiger charge is 2.32. The first-order valence-corrected chi connectivity index (χ1v) is 12.7. The Morgan fingerprint density at radius 1 is 1.11 bits per heavy atom. The quantitative estimate of drug-likeness (QED) is 0.573. The lowest BCUT2D eigenvalue weighted by molar-refractivity contribution is 0.184. The van der Waals surface area contributed by atoms with Gasteiger partial charge >= 0.3 is 6.09 Å². The van der Waals surface area contributed by atoms with Gasteiger partial charge in [-0.15, -0.1) is 0 Å². The second kappa shape index (κ2) is 10.1. The Balaban J connectivity index is 1.28. The third-order valence-electron chi connectivity index (χ3n) is 7.69. The number of nitrogens with one attached hydrogen (secondary N) is 2. The highest BCUT2D eigenvalue weighted by atomic mass is 16.4. The lowest BCUT2D eigenvalue weighted by Gasteiger charge is -2.39. The molecule has 3 heterocycles. The predicted octanol–water partition coefficient (Wildman–Crippen LogP) is 4.06. The van der Waals surface area contributed by atoms with Crippen LogP contribution in [0.15, 0.2) is 30.5 Å². The summed E-state index contributed by atoms with van der Waals surface area (Å²) in [6.45, 7) is 5.13. The number of hydrogen-bond acceptors (Lipinski definition) is 7. The summed E-state index contributed by atoms with van der Waals surface area (Å²) in [4.78, 5) is 24.9. The number of nitrogens with zero attached hydrogens (tertiary/aromatic N) is 5. The van der Waals surface area contributed by atoms with E-state index in [4.69, 9.17) is 10.1 Å². The minimum absolute atomic E-state index is 0.0689. The Bertz CT molecular complexity index is 1090. The van der Waals surface area contributed by atoms with E-state index in [9.17, 15) is 10.1 Å². The van der Waals surface area contributed by atoms with Crippen LogP contribution in [0.25, 0.3) is 0 Å². The van der Waals surface area contributed by atoms with Gasteiger partial charge in [0, 0.05) is 24.3 Å². The fraction of sp³-hybridized carbons (Fsp3) is 0.538. The van der Waals surface area contributed by atoms with Crippen LogP contribution >= 0.6 is 0 Å². The molecule has 35 heavy (non-hydrogen) atoms. The number of rotatable bonds is 6. The van der Waals surface area contributed by atoms with E-state index in [1.54, 1.807) is 6.20 Å². The molecule has 5 rings (SSSR count). The number of likely N-dealkylation sites (tertiary alicyclic amines) is 1. The van der Waals surface area contributed by atoms with Crippen molar-refractivity contribution in [2.24, 2.45) is 0 Å². The average molecular weight is 476 g/mol. The van der Waals surface area contributed by atoms with Gasteiger partial charge in [0.25, 0.3) is 0 Å². The number of anilines is 3. The first-order valence-electron chi connectivity index (χ1n) is 12.7. The zero-order chi connectivity index (χ0) is 24.4. The zero-order valence-corrected chi connectivity index (χ0v) is 20.2. The number of amides is 1. The molecule has 1 aromatic heterocycles. The summed E-state index contributed by atoms with van der Waals surface area (Å²) >= 11 is 0. The van der Waals surface area contributed by atoms with Gasteiger partial charge in [-0.3, -0.25) is 0 Å². The Morgan fingerprint density at radius 2 is 1.86 bits per heavy atom. The third kappa shape index (κ3) is 5.33. The summed E-state index contributed by atoms with van der Waals surface area (Å²) in [6.07, 6.45) is 7.37. The van der Waals surface area contributed by atoms with E-state index in [0.29, 0.717) is 17.6 Å². The maximum absolute atomic E-state index is 11.2. The fourth-order valence-electron chi connectivity index (χ4n) is 5.52. The van der Waals surface area contributed by atoms with E-state index >= 15 is 0 Å². The van der Waals surface area contributed by atoms with E-state index in [0.717, 1.165) is 31.1 Å². The highest BCUT2D eigenvalue weighted by molar-refractivity contribution is 5.65. The van der Waals surface area contributed by atoms with Gasteiger partial charge in [-0.2, -0.15) is 5.26 Å². The van der Waals surface area contributed by atoms with Crippen LogP contribution in [0.1, 0.15) is 62.6 Å². The molecule has 0 unspecified atom stereocenters. The summed E-state index contributed by atoms with van der Waals surface area (Å²) in [5.41, 5.74) is 2.46. The predicted molar refractivity (Wildman–Crippen MR) is 134 cm³/mol. The lowest BCUT2D eigenvalue weighted by atomic mass is 9.89. The van der Waals surface area contributed by atoms with Crippen LogP contribution < -0.4 is 15.5 Å². The summed E-state index contributed by atoms with van der Waals surface area (Å²) in [7, 11) is 0. The van der Waals surface area contributed by atoms with Gasteiger partial charge in [0.15, 0.2) is 11.5 Å². The molecule has 3 aliphatic rings. The van der Waals surface area contributed by atoms with Crippen molar-refractivity contribution in [2.45, 2.75) is 69.5 Å². The summed E-state index contributed by atoms with van der Waals surface area (Å²) in [5, 5.41) is 24.6. The number of aromatic nitrogens is 2. The largest absolute Gasteiger partial charge is 0.465 e. The molecule has 2 atom stereocenters. The normalized spacial score (nSPS) is 23.5. The Labute approximate surface area is 206 Å². The first-order chi connectivity index (χ1) is 17.0. The Hall–Kier alpha value is -3.38. The average Bonchev–Trinajstić information content (AvgIpc) is 3.71. The Morgan fingerprint density at radius 3 is 2.51 bits per heavy atom. The highest BCUT2D eigenvalue weighted by Crippen LogP contribution is 2.35. The summed E-state index contributed by atoms with van der Waals surface area (Å²) < 4.78 is 0. The minimum Gasteiger partial charge on any atom is -0.465 e. The van der Waals surface area contributed by atoms with Crippen LogP contribution in [0, 0.1) is 11.3 Å². The smallest absolute Gasteiger partial charge is 0.404 e. The van der Waals surface area contributed by atoms with Crippen molar-refractivity contribution in [1.29, 1.82) is 5.26 Å². The molecular weight excluding hydrogens is 442 g/mol. The van der Waals surface area contributed by atoms with Gasteiger partial charge in [0.05, 0.1) is 12.2 Å². The number of hydrogen-bond donors (Lipinski definition) is 3. The molecule has 1 aromatic carbocycles.